The second-order valence-electron chi connectivity index (χ2n) is 5.53. The maximum atomic E-state index is 10.9. The van der Waals surface area contributed by atoms with E-state index in [1.54, 1.807) is 0 Å². The van der Waals surface area contributed by atoms with Gasteiger partial charge in [-0.1, -0.05) is 25.4 Å². The fraction of sp³-hybridized carbons (Fsp3) is 0.583. The highest BCUT2D eigenvalue weighted by Crippen LogP contribution is 2.39. The van der Waals surface area contributed by atoms with Crippen molar-refractivity contribution < 1.29 is 4.92 Å². The average molecular weight is 270 g/mol. The van der Waals surface area contributed by atoms with E-state index in [0.29, 0.717) is 11.2 Å². The van der Waals surface area contributed by atoms with Gasteiger partial charge in [-0.15, -0.1) is 0 Å². The van der Waals surface area contributed by atoms with Crippen LogP contribution >= 0.6 is 11.6 Å². The predicted octanol–water partition coefficient (Wildman–Crippen LogP) is 3.63. The largest absolute Gasteiger partial charge is 0.362 e. The molecule has 0 spiro atoms. The van der Waals surface area contributed by atoms with E-state index in [9.17, 15) is 10.1 Å². The van der Waals surface area contributed by atoms with Gasteiger partial charge in [-0.3, -0.25) is 10.1 Å². The maximum absolute atomic E-state index is 10.9. The molecule has 1 fully saturated rings. The lowest BCUT2D eigenvalue weighted by Gasteiger charge is -2.18. The third-order valence-corrected chi connectivity index (χ3v) is 3.55. The van der Waals surface area contributed by atoms with Crippen molar-refractivity contribution in [3.63, 3.8) is 0 Å². The summed E-state index contributed by atoms with van der Waals surface area (Å²) in [5.41, 5.74) is 0.228. The van der Waals surface area contributed by atoms with E-state index in [1.165, 1.54) is 12.3 Å². The fourth-order valence-corrected chi connectivity index (χ4v) is 2.58. The van der Waals surface area contributed by atoms with Crippen molar-refractivity contribution in [2.24, 2.45) is 5.41 Å². The fourth-order valence-electron chi connectivity index (χ4n) is 2.43. The van der Waals surface area contributed by atoms with Gasteiger partial charge in [0.1, 0.15) is 0 Å². The van der Waals surface area contributed by atoms with Crippen LogP contribution in [-0.2, 0) is 0 Å². The predicted molar refractivity (Wildman–Crippen MR) is 70.9 cm³/mol. The third-order valence-electron chi connectivity index (χ3n) is 3.34. The molecule has 1 aromatic heterocycles. The summed E-state index contributed by atoms with van der Waals surface area (Å²) in [6.07, 6.45) is 4.55. The van der Waals surface area contributed by atoms with Crippen LogP contribution in [0.2, 0.25) is 5.02 Å². The quantitative estimate of drug-likeness (QED) is 0.672. The zero-order valence-corrected chi connectivity index (χ0v) is 11.2. The van der Waals surface area contributed by atoms with Gasteiger partial charge >= 0.3 is 5.69 Å². The molecule has 0 radical (unpaired) electrons. The highest BCUT2D eigenvalue weighted by atomic mass is 35.5. The molecule has 1 aromatic rings. The minimum absolute atomic E-state index is 0.0628. The van der Waals surface area contributed by atoms with Crippen LogP contribution in [0.4, 0.5) is 11.5 Å². The molecular formula is C12H16ClN3O2. The summed E-state index contributed by atoms with van der Waals surface area (Å²) in [6, 6.07) is 1.57. The molecule has 18 heavy (non-hydrogen) atoms. The lowest BCUT2D eigenvalue weighted by molar-refractivity contribution is -0.384. The first-order chi connectivity index (χ1) is 8.37. The van der Waals surface area contributed by atoms with Gasteiger partial charge < -0.3 is 5.32 Å². The Hall–Kier alpha value is -1.36. The van der Waals surface area contributed by atoms with E-state index in [-0.39, 0.29) is 16.8 Å². The Morgan fingerprint density at radius 2 is 2.33 bits per heavy atom. The van der Waals surface area contributed by atoms with Gasteiger partial charge in [0.2, 0.25) is 5.82 Å². The van der Waals surface area contributed by atoms with Gasteiger partial charge in [0.15, 0.2) is 0 Å². The molecule has 1 aliphatic rings. The maximum Gasteiger partial charge on any atom is 0.312 e. The van der Waals surface area contributed by atoms with E-state index in [4.69, 9.17) is 11.6 Å². The number of hydrogen-bond acceptors (Lipinski definition) is 4. The first-order valence-corrected chi connectivity index (χ1v) is 6.32. The molecule has 0 bridgehead atoms. The Morgan fingerprint density at radius 1 is 1.61 bits per heavy atom. The monoisotopic (exact) mass is 269 g/mol. The zero-order valence-electron chi connectivity index (χ0n) is 10.4. The summed E-state index contributed by atoms with van der Waals surface area (Å²) in [5.74, 6) is 0.312. The van der Waals surface area contributed by atoms with Crippen LogP contribution in [0.3, 0.4) is 0 Å². The topological polar surface area (TPSA) is 68.1 Å². The van der Waals surface area contributed by atoms with Gasteiger partial charge in [-0.25, -0.2) is 4.98 Å². The summed E-state index contributed by atoms with van der Waals surface area (Å²) in [7, 11) is 0. The number of nitro groups is 1. The minimum atomic E-state index is -0.457. The van der Waals surface area contributed by atoms with Crippen LogP contribution in [0.25, 0.3) is 0 Å². The van der Waals surface area contributed by atoms with Gasteiger partial charge in [-0.2, -0.15) is 0 Å². The molecule has 0 aliphatic heterocycles. The average Bonchev–Trinajstić information content (AvgIpc) is 2.60. The molecule has 6 heteroatoms. The van der Waals surface area contributed by atoms with Crippen molar-refractivity contribution in [3.8, 4) is 0 Å². The SMILES string of the molecule is CC1(C)CCC(Nc2ncc(Cl)cc2[N+](=O)[O-])C1. The molecule has 2 rings (SSSR count). The number of nitrogens with one attached hydrogen (secondary N) is 1. The zero-order chi connectivity index (χ0) is 13.3. The molecule has 0 amide bonds. The van der Waals surface area contributed by atoms with Crippen LogP contribution < -0.4 is 5.32 Å². The molecule has 1 unspecified atom stereocenters. The first kappa shape index (κ1) is 13.1. The lowest BCUT2D eigenvalue weighted by Crippen LogP contribution is -2.19. The van der Waals surface area contributed by atoms with Gasteiger partial charge in [0, 0.05) is 18.3 Å². The minimum Gasteiger partial charge on any atom is -0.362 e. The molecule has 5 nitrogen and oxygen atoms in total. The van der Waals surface area contributed by atoms with Crippen LogP contribution in [0.1, 0.15) is 33.1 Å². The van der Waals surface area contributed by atoms with Crippen LogP contribution in [0.15, 0.2) is 12.3 Å². The Balaban J connectivity index is 2.17. The number of anilines is 1. The molecule has 0 saturated heterocycles. The lowest BCUT2D eigenvalue weighted by atomic mass is 9.92. The van der Waals surface area contributed by atoms with E-state index in [2.05, 4.69) is 24.1 Å². The summed E-state index contributed by atoms with van der Waals surface area (Å²) in [6.45, 7) is 4.41. The number of nitrogens with zero attached hydrogens (tertiary/aromatic N) is 2. The van der Waals surface area contributed by atoms with Crippen molar-refractivity contribution in [3.05, 3.63) is 27.4 Å². The Bertz CT molecular complexity index is 476. The second-order valence-corrected chi connectivity index (χ2v) is 5.96. The molecule has 1 atom stereocenters. The van der Waals surface area contributed by atoms with E-state index < -0.39 is 4.92 Å². The van der Waals surface area contributed by atoms with Gasteiger partial charge in [0.05, 0.1) is 9.95 Å². The standard InChI is InChI=1S/C12H16ClN3O2/c1-12(2)4-3-9(6-12)15-11-10(16(17)18)5-8(13)7-14-11/h5,7,9H,3-4,6H2,1-2H3,(H,14,15). The molecule has 1 N–H and O–H groups in total. The number of halogens is 1. The summed E-state index contributed by atoms with van der Waals surface area (Å²) >= 11 is 5.73. The van der Waals surface area contributed by atoms with Crippen LogP contribution in [0, 0.1) is 15.5 Å². The van der Waals surface area contributed by atoms with Crippen molar-refractivity contribution in [2.75, 3.05) is 5.32 Å². The summed E-state index contributed by atoms with van der Waals surface area (Å²) in [4.78, 5) is 14.5. The van der Waals surface area contributed by atoms with Gasteiger partial charge in [-0.05, 0) is 24.7 Å². The van der Waals surface area contributed by atoms with Crippen molar-refractivity contribution in [2.45, 2.75) is 39.2 Å². The number of pyridine rings is 1. The Kier molecular flexibility index (Phi) is 3.43. The first-order valence-electron chi connectivity index (χ1n) is 5.94. The Labute approximate surface area is 111 Å². The Morgan fingerprint density at radius 3 is 2.89 bits per heavy atom. The molecule has 98 valence electrons. The normalized spacial score (nSPS) is 21.8. The third kappa shape index (κ3) is 2.90. The summed E-state index contributed by atoms with van der Waals surface area (Å²) < 4.78 is 0. The van der Waals surface area contributed by atoms with Crippen LogP contribution in [-0.4, -0.2) is 15.9 Å². The second kappa shape index (κ2) is 4.72. The molecule has 1 aliphatic carbocycles. The van der Waals surface area contributed by atoms with Crippen molar-refractivity contribution >= 4 is 23.1 Å². The number of rotatable bonds is 3. The van der Waals surface area contributed by atoms with E-state index >= 15 is 0 Å². The van der Waals surface area contributed by atoms with Crippen molar-refractivity contribution in [1.82, 2.24) is 4.98 Å². The number of hydrogen-bond donors (Lipinski definition) is 1. The van der Waals surface area contributed by atoms with Crippen LogP contribution in [0.5, 0.6) is 0 Å². The van der Waals surface area contributed by atoms with E-state index in [1.807, 2.05) is 0 Å². The number of aromatic nitrogens is 1. The highest BCUT2D eigenvalue weighted by Gasteiger charge is 2.32. The highest BCUT2D eigenvalue weighted by molar-refractivity contribution is 6.30. The van der Waals surface area contributed by atoms with Gasteiger partial charge in [0.25, 0.3) is 0 Å². The molecule has 0 aromatic carbocycles. The van der Waals surface area contributed by atoms with Crippen molar-refractivity contribution in [1.29, 1.82) is 0 Å². The molecule has 1 heterocycles. The molecule has 1 saturated carbocycles. The van der Waals surface area contributed by atoms with E-state index in [0.717, 1.165) is 19.3 Å². The summed E-state index contributed by atoms with van der Waals surface area (Å²) in [5, 5.41) is 14.4. The molecular weight excluding hydrogens is 254 g/mol. The smallest absolute Gasteiger partial charge is 0.312 e.